The largest absolute Gasteiger partial charge is 0.340 e. The molecule has 0 fully saturated rings. The molecule has 2 aromatic rings. The van der Waals surface area contributed by atoms with Crippen molar-refractivity contribution in [3.63, 3.8) is 0 Å². The molecule has 1 aromatic heterocycles. The van der Waals surface area contributed by atoms with Crippen LogP contribution in [-0.4, -0.2) is 19.7 Å². The Morgan fingerprint density at radius 3 is 2.25 bits per heavy atom. The summed E-state index contributed by atoms with van der Waals surface area (Å²) in [5.74, 6) is 0.578. The maximum atomic E-state index is 11.1. The number of aromatic nitrogens is 1. The maximum absolute atomic E-state index is 11.1. The highest BCUT2D eigenvalue weighted by molar-refractivity contribution is 7.92. The summed E-state index contributed by atoms with van der Waals surface area (Å²) in [5, 5.41) is 11.8. The van der Waals surface area contributed by atoms with Crippen LogP contribution in [0.4, 0.5) is 17.2 Å². The number of nitrogens with one attached hydrogen (secondary N) is 2. The summed E-state index contributed by atoms with van der Waals surface area (Å²) in [6.45, 7) is 0. The molecule has 0 aliphatic carbocycles. The molecular formula is C13H12N4O2S. The molecule has 0 spiro atoms. The second kappa shape index (κ2) is 5.59. The summed E-state index contributed by atoms with van der Waals surface area (Å²) in [5.41, 5.74) is 1.77. The quantitative estimate of drug-likeness (QED) is 0.898. The fraction of sp³-hybridized carbons (Fsp3) is 0.0769. The van der Waals surface area contributed by atoms with Gasteiger partial charge in [-0.15, -0.1) is 0 Å². The summed E-state index contributed by atoms with van der Waals surface area (Å²) in [6, 6.07) is 12.2. The first-order valence-corrected chi connectivity index (χ1v) is 7.56. The van der Waals surface area contributed by atoms with Crippen LogP contribution in [0.5, 0.6) is 0 Å². The van der Waals surface area contributed by atoms with Crippen molar-refractivity contribution in [3.8, 4) is 6.07 Å². The minimum Gasteiger partial charge on any atom is -0.340 e. The van der Waals surface area contributed by atoms with Crippen molar-refractivity contribution in [2.45, 2.75) is 0 Å². The lowest BCUT2D eigenvalue weighted by molar-refractivity contribution is 0.607. The third-order valence-corrected chi connectivity index (χ3v) is 2.96. The summed E-state index contributed by atoms with van der Waals surface area (Å²) in [4.78, 5) is 4.10. The van der Waals surface area contributed by atoms with E-state index in [1.165, 1.54) is 6.20 Å². The van der Waals surface area contributed by atoms with Gasteiger partial charge in [0, 0.05) is 5.69 Å². The molecule has 0 atom stereocenters. The van der Waals surface area contributed by atoms with E-state index in [0.29, 0.717) is 17.1 Å². The molecule has 2 N–H and O–H groups in total. The van der Waals surface area contributed by atoms with Gasteiger partial charge >= 0.3 is 0 Å². The van der Waals surface area contributed by atoms with Gasteiger partial charge < -0.3 is 5.32 Å². The predicted molar refractivity (Wildman–Crippen MR) is 77.1 cm³/mol. The molecule has 6 nitrogen and oxygen atoms in total. The lowest BCUT2D eigenvalue weighted by atomic mass is 10.2. The first-order valence-electron chi connectivity index (χ1n) is 5.67. The fourth-order valence-corrected chi connectivity index (χ4v) is 2.07. The van der Waals surface area contributed by atoms with Gasteiger partial charge in [0.25, 0.3) is 0 Å². The monoisotopic (exact) mass is 288 g/mol. The molecule has 0 saturated carbocycles. The summed E-state index contributed by atoms with van der Waals surface area (Å²) in [7, 11) is -3.30. The van der Waals surface area contributed by atoms with Crippen LogP contribution >= 0.6 is 0 Å². The van der Waals surface area contributed by atoms with E-state index in [1.807, 2.05) is 6.07 Å². The molecule has 0 bridgehead atoms. The number of sulfonamides is 1. The Labute approximate surface area is 117 Å². The highest BCUT2D eigenvalue weighted by atomic mass is 32.2. The van der Waals surface area contributed by atoms with Gasteiger partial charge in [0.05, 0.1) is 29.8 Å². The normalized spacial score (nSPS) is 10.6. The number of hydrogen-bond acceptors (Lipinski definition) is 5. The number of pyridine rings is 1. The molecule has 1 aromatic carbocycles. The summed E-state index contributed by atoms with van der Waals surface area (Å²) >= 11 is 0. The lowest BCUT2D eigenvalue weighted by Crippen LogP contribution is -2.09. The first-order chi connectivity index (χ1) is 9.46. The zero-order chi connectivity index (χ0) is 14.6. The SMILES string of the molecule is CS(=O)(=O)Nc1ccc(Nc2ccc(C#N)cc2)nc1. The zero-order valence-electron chi connectivity index (χ0n) is 10.7. The van der Waals surface area contributed by atoms with Gasteiger partial charge in [-0.1, -0.05) is 0 Å². The smallest absolute Gasteiger partial charge is 0.229 e. The van der Waals surface area contributed by atoms with Crippen LogP contribution in [-0.2, 0) is 10.0 Å². The Morgan fingerprint density at radius 1 is 1.10 bits per heavy atom. The van der Waals surface area contributed by atoms with Crippen LogP contribution in [0.15, 0.2) is 42.6 Å². The van der Waals surface area contributed by atoms with Crippen LogP contribution in [0, 0.1) is 11.3 Å². The van der Waals surface area contributed by atoms with Crippen molar-refractivity contribution in [3.05, 3.63) is 48.2 Å². The van der Waals surface area contributed by atoms with E-state index in [2.05, 4.69) is 15.0 Å². The average Bonchev–Trinajstić information content (AvgIpc) is 2.40. The van der Waals surface area contributed by atoms with Crippen molar-refractivity contribution >= 4 is 27.2 Å². The Kier molecular flexibility index (Phi) is 3.86. The summed E-state index contributed by atoms with van der Waals surface area (Å²) in [6.07, 6.45) is 2.50. The molecule has 0 radical (unpaired) electrons. The van der Waals surface area contributed by atoms with E-state index in [0.717, 1.165) is 11.9 Å². The Balaban J connectivity index is 2.08. The molecule has 0 unspecified atom stereocenters. The molecule has 2 rings (SSSR count). The second-order valence-corrected chi connectivity index (χ2v) is 5.87. The van der Waals surface area contributed by atoms with Gasteiger partial charge in [-0.25, -0.2) is 13.4 Å². The number of benzene rings is 1. The Morgan fingerprint density at radius 2 is 1.75 bits per heavy atom. The van der Waals surface area contributed by atoms with Crippen molar-refractivity contribution < 1.29 is 8.42 Å². The van der Waals surface area contributed by atoms with Crippen LogP contribution in [0.2, 0.25) is 0 Å². The Hall–Kier alpha value is -2.59. The van der Waals surface area contributed by atoms with Crippen LogP contribution in [0.1, 0.15) is 5.56 Å². The van der Waals surface area contributed by atoms with E-state index in [1.54, 1.807) is 36.4 Å². The van der Waals surface area contributed by atoms with Gasteiger partial charge in [-0.05, 0) is 36.4 Å². The second-order valence-electron chi connectivity index (χ2n) is 4.12. The molecule has 0 aliphatic heterocycles. The van der Waals surface area contributed by atoms with E-state index < -0.39 is 10.0 Å². The molecule has 20 heavy (non-hydrogen) atoms. The number of hydrogen-bond donors (Lipinski definition) is 2. The van der Waals surface area contributed by atoms with Gasteiger partial charge in [-0.2, -0.15) is 5.26 Å². The molecule has 0 aliphatic rings. The summed E-state index contributed by atoms with van der Waals surface area (Å²) < 4.78 is 24.4. The standard InChI is InChI=1S/C13H12N4O2S/c1-20(18,19)17-12-6-7-13(15-9-12)16-11-4-2-10(8-14)3-5-11/h2-7,9,17H,1H3,(H,15,16). The highest BCUT2D eigenvalue weighted by Crippen LogP contribution is 2.17. The molecule has 1 heterocycles. The number of rotatable bonds is 4. The number of nitriles is 1. The van der Waals surface area contributed by atoms with Crippen molar-refractivity contribution in [2.75, 3.05) is 16.3 Å². The van der Waals surface area contributed by atoms with Crippen molar-refractivity contribution in [1.29, 1.82) is 5.26 Å². The van der Waals surface area contributed by atoms with E-state index in [9.17, 15) is 8.42 Å². The van der Waals surface area contributed by atoms with Crippen LogP contribution < -0.4 is 10.0 Å². The molecule has 7 heteroatoms. The number of anilines is 3. The van der Waals surface area contributed by atoms with Gasteiger partial charge in [-0.3, -0.25) is 4.72 Å². The maximum Gasteiger partial charge on any atom is 0.229 e. The van der Waals surface area contributed by atoms with Gasteiger partial charge in [0.15, 0.2) is 0 Å². The van der Waals surface area contributed by atoms with Gasteiger partial charge in [0.1, 0.15) is 5.82 Å². The molecular weight excluding hydrogens is 276 g/mol. The molecule has 0 saturated heterocycles. The number of nitrogens with zero attached hydrogens (tertiary/aromatic N) is 2. The van der Waals surface area contributed by atoms with E-state index in [4.69, 9.17) is 5.26 Å². The third-order valence-electron chi connectivity index (χ3n) is 2.35. The first kappa shape index (κ1) is 13.8. The Bertz CT molecular complexity index is 731. The zero-order valence-corrected chi connectivity index (χ0v) is 11.5. The average molecular weight is 288 g/mol. The fourth-order valence-electron chi connectivity index (χ4n) is 1.52. The molecule has 102 valence electrons. The third kappa shape index (κ3) is 3.96. The van der Waals surface area contributed by atoms with Crippen LogP contribution in [0.3, 0.4) is 0 Å². The highest BCUT2D eigenvalue weighted by Gasteiger charge is 2.02. The lowest BCUT2D eigenvalue weighted by Gasteiger charge is -2.07. The van der Waals surface area contributed by atoms with Crippen LogP contribution in [0.25, 0.3) is 0 Å². The minimum atomic E-state index is -3.30. The topological polar surface area (TPSA) is 94.9 Å². The van der Waals surface area contributed by atoms with Crippen molar-refractivity contribution in [1.82, 2.24) is 4.98 Å². The molecule has 0 amide bonds. The van der Waals surface area contributed by atoms with Gasteiger partial charge in [0.2, 0.25) is 10.0 Å². The predicted octanol–water partition coefficient (Wildman–Crippen LogP) is 2.07. The van der Waals surface area contributed by atoms with Crippen molar-refractivity contribution in [2.24, 2.45) is 0 Å². The van der Waals surface area contributed by atoms with E-state index >= 15 is 0 Å². The van der Waals surface area contributed by atoms with E-state index in [-0.39, 0.29) is 0 Å². The minimum absolute atomic E-state index is 0.401.